The maximum absolute atomic E-state index is 9.49. The van der Waals surface area contributed by atoms with Gasteiger partial charge in [-0.05, 0) is 31.7 Å². The Morgan fingerprint density at radius 1 is 1.29 bits per heavy atom. The van der Waals surface area contributed by atoms with Gasteiger partial charge in [-0.1, -0.05) is 29.3 Å². The van der Waals surface area contributed by atoms with E-state index in [1.165, 1.54) is 0 Å². The number of aliphatic hydroxyl groups is 1. The molecule has 0 radical (unpaired) electrons. The molecule has 0 aliphatic carbocycles. The Hall–Kier alpha value is -0.280. The van der Waals surface area contributed by atoms with Gasteiger partial charge in [-0.3, -0.25) is 0 Å². The lowest BCUT2D eigenvalue weighted by molar-refractivity contribution is 0.150. The molecule has 0 saturated heterocycles. The molecule has 0 aliphatic heterocycles. The summed E-state index contributed by atoms with van der Waals surface area (Å²) < 4.78 is 0. The SMILES string of the molecule is CNC(c1ccc(Cl)c(Cl)c1)C(C)O. The third-order valence-corrected chi connectivity index (χ3v) is 2.84. The predicted molar refractivity (Wildman–Crippen MR) is 59.9 cm³/mol. The van der Waals surface area contributed by atoms with E-state index in [4.69, 9.17) is 23.2 Å². The predicted octanol–water partition coefficient (Wildman–Crippen LogP) is 2.63. The van der Waals surface area contributed by atoms with Gasteiger partial charge in [0.05, 0.1) is 22.2 Å². The summed E-state index contributed by atoms with van der Waals surface area (Å²) in [6.45, 7) is 1.73. The highest BCUT2D eigenvalue weighted by Gasteiger charge is 2.15. The van der Waals surface area contributed by atoms with E-state index < -0.39 is 6.10 Å². The fourth-order valence-corrected chi connectivity index (χ4v) is 1.70. The first-order valence-corrected chi connectivity index (χ1v) is 5.12. The normalized spacial score (nSPS) is 15.2. The van der Waals surface area contributed by atoms with Crippen molar-refractivity contribution in [2.24, 2.45) is 0 Å². The summed E-state index contributed by atoms with van der Waals surface area (Å²) in [5.41, 5.74) is 0.928. The van der Waals surface area contributed by atoms with Crippen molar-refractivity contribution >= 4 is 23.2 Å². The van der Waals surface area contributed by atoms with Gasteiger partial charge in [0.25, 0.3) is 0 Å². The van der Waals surface area contributed by atoms with Crippen molar-refractivity contribution in [2.45, 2.75) is 19.1 Å². The van der Waals surface area contributed by atoms with Gasteiger partial charge in [0.1, 0.15) is 0 Å². The highest BCUT2D eigenvalue weighted by atomic mass is 35.5. The fraction of sp³-hybridized carbons (Fsp3) is 0.400. The van der Waals surface area contributed by atoms with Crippen LogP contribution < -0.4 is 5.32 Å². The van der Waals surface area contributed by atoms with Crippen LogP contribution in [0.4, 0.5) is 0 Å². The van der Waals surface area contributed by atoms with E-state index in [0.29, 0.717) is 10.0 Å². The van der Waals surface area contributed by atoms with Gasteiger partial charge in [-0.2, -0.15) is 0 Å². The Balaban J connectivity index is 3.00. The zero-order valence-electron chi connectivity index (χ0n) is 8.09. The molecular weight excluding hydrogens is 221 g/mol. The molecule has 0 aromatic heterocycles. The zero-order chi connectivity index (χ0) is 10.7. The lowest BCUT2D eigenvalue weighted by Gasteiger charge is -2.19. The molecule has 0 spiro atoms. The van der Waals surface area contributed by atoms with Crippen molar-refractivity contribution in [1.82, 2.24) is 5.32 Å². The van der Waals surface area contributed by atoms with Crippen LogP contribution in [0.5, 0.6) is 0 Å². The third kappa shape index (κ3) is 2.61. The van der Waals surface area contributed by atoms with Crippen LogP contribution in [0.25, 0.3) is 0 Å². The van der Waals surface area contributed by atoms with Crippen LogP contribution in [0.1, 0.15) is 18.5 Å². The maximum atomic E-state index is 9.49. The fourth-order valence-electron chi connectivity index (χ4n) is 1.39. The van der Waals surface area contributed by atoms with Crippen LogP contribution in [0.3, 0.4) is 0 Å². The first-order chi connectivity index (χ1) is 6.56. The summed E-state index contributed by atoms with van der Waals surface area (Å²) in [4.78, 5) is 0. The van der Waals surface area contributed by atoms with E-state index in [2.05, 4.69) is 5.32 Å². The van der Waals surface area contributed by atoms with Gasteiger partial charge >= 0.3 is 0 Å². The van der Waals surface area contributed by atoms with E-state index in [-0.39, 0.29) is 6.04 Å². The molecule has 78 valence electrons. The number of hydrogen-bond donors (Lipinski definition) is 2. The van der Waals surface area contributed by atoms with Gasteiger partial charge in [0.15, 0.2) is 0 Å². The first-order valence-electron chi connectivity index (χ1n) is 4.36. The quantitative estimate of drug-likeness (QED) is 0.842. The molecule has 4 heteroatoms. The summed E-state index contributed by atoms with van der Waals surface area (Å²) in [6, 6.07) is 5.22. The molecule has 14 heavy (non-hydrogen) atoms. The van der Waals surface area contributed by atoms with Crippen molar-refractivity contribution in [2.75, 3.05) is 7.05 Å². The molecule has 0 bridgehead atoms. The summed E-state index contributed by atoms with van der Waals surface area (Å²) in [6.07, 6.45) is -0.475. The van der Waals surface area contributed by atoms with Crippen LogP contribution >= 0.6 is 23.2 Å². The number of hydrogen-bond acceptors (Lipinski definition) is 2. The Morgan fingerprint density at radius 2 is 1.93 bits per heavy atom. The van der Waals surface area contributed by atoms with E-state index in [1.807, 2.05) is 6.07 Å². The molecule has 1 aromatic carbocycles. The van der Waals surface area contributed by atoms with Gasteiger partial charge < -0.3 is 10.4 Å². The van der Waals surface area contributed by atoms with Gasteiger partial charge in [0.2, 0.25) is 0 Å². The van der Waals surface area contributed by atoms with Gasteiger partial charge in [-0.25, -0.2) is 0 Å². The van der Waals surface area contributed by atoms with E-state index in [1.54, 1.807) is 26.1 Å². The van der Waals surface area contributed by atoms with Crippen molar-refractivity contribution < 1.29 is 5.11 Å². The second-order valence-corrected chi connectivity index (χ2v) is 3.99. The highest BCUT2D eigenvalue weighted by Crippen LogP contribution is 2.26. The van der Waals surface area contributed by atoms with Gasteiger partial charge in [0, 0.05) is 0 Å². The first kappa shape index (κ1) is 11.8. The minimum absolute atomic E-state index is 0.121. The Labute approximate surface area is 93.8 Å². The Bertz CT molecular complexity index is 315. The van der Waals surface area contributed by atoms with Crippen molar-refractivity contribution in [1.29, 1.82) is 0 Å². The standard InChI is InChI=1S/C10H13Cl2NO/c1-6(14)10(13-2)7-3-4-8(11)9(12)5-7/h3-6,10,13-14H,1-2H3. The summed E-state index contributed by atoms with van der Waals surface area (Å²) in [7, 11) is 1.79. The van der Waals surface area contributed by atoms with Crippen LogP contribution in [-0.2, 0) is 0 Å². The van der Waals surface area contributed by atoms with Crippen molar-refractivity contribution in [3.05, 3.63) is 33.8 Å². The van der Waals surface area contributed by atoms with Crippen molar-refractivity contribution in [3.8, 4) is 0 Å². The molecule has 0 heterocycles. The largest absolute Gasteiger partial charge is 0.391 e. The lowest BCUT2D eigenvalue weighted by Crippen LogP contribution is -2.26. The molecule has 1 rings (SSSR count). The molecule has 2 atom stereocenters. The molecule has 0 saturated carbocycles. The monoisotopic (exact) mass is 233 g/mol. The molecule has 2 N–H and O–H groups in total. The molecule has 0 amide bonds. The molecule has 1 aromatic rings. The van der Waals surface area contributed by atoms with Gasteiger partial charge in [-0.15, -0.1) is 0 Å². The topological polar surface area (TPSA) is 32.3 Å². The second-order valence-electron chi connectivity index (χ2n) is 3.18. The average molecular weight is 234 g/mol. The van der Waals surface area contributed by atoms with Crippen LogP contribution in [0.15, 0.2) is 18.2 Å². The zero-order valence-corrected chi connectivity index (χ0v) is 9.60. The molecule has 0 aliphatic rings. The molecular formula is C10H13Cl2NO. The van der Waals surface area contributed by atoms with Crippen LogP contribution in [0, 0.1) is 0 Å². The smallest absolute Gasteiger partial charge is 0.0706 e. The van der Waals surface area contributed by atoms with Crippen LogP contribution in [-0.4, -0.2) is 18.3 Å². The minimum Gasteiger partial charge on any atom is -0.391 e. The average Bonchev–Trinajstić information content (AvgIpc) is 2.11. The molecule has 2 nitrogen and oxygen atoms in total. The summed E-state index contributed by atoms with van der Waals surface area (Å²) >= 11 is 11.7. The maximum Gasteiger partial charge on any atom is 0.0706 e. The van der Waals surface area contributed by atoms with Crippen LogP contribution in [0.2, 0.25) is 10.0 Å². The molecule has 2 unspecified atom stereocenters. The number of benzene rings is 1. The Kier molecular flexibility index (Phi) is 4.20. The molecule has 0 fully saturated rings. The number of halogens is 2. The third-order valence-electron chi connectivity index (χ3n) is 2.10. The number of likely N-dealkylation sites (N-methyl/N-ethyl adjacent to an activating group) is 1. The Morgan fingerprint density at radius 3 is 2.36 bits per heavy atom. The van der Waals surface area contributed by atoms with E-state index >= 15 is 0 Å². The van der Waals surface area contributed by atoms with Crippen molar-refractivity contribution in [3.63, 3.8) is 0 Å². The van der Waals surface area contributed by atoms with E-state index in [0.717, 1.165) is 5.56 Å². The lowest BCUT2D eigenvalue weighted by atomic mass is 10.0. The number of nitrogens with one attached hydrogen (secondary N) is 1. The highest BCUT2D eigenvalue weighted by molar-refractivity contribution is 6.42. The number of rotatable bonds is 3. The second kappa shape index (κ2) is 4.99. The summed E-state index contributed by atoms with van der Waals surface area (Å²) in [5.74, 6) is 0. The summed E-state index contributed by atoms with van der Waals surface area (Å²) in [5, 5.41) is 13.5. The van der Waals surface area contributed by atoms with E-state index in [9.17, 15) is 5.11 Å². The minimum atomic E-state index is -0.475. The number of aliphatic hydroxyl groups excluding tert-OH is 1.